The van der Waals surface area contributed by atoms with E-state index in [-0.39, 0.29) is 19.4 Å². The highest BCUT2D eigenvalue weighted by Gasteiger charge is 2.16. The van der Waals surface area contributed by atoms with Gasteiger partial charge in [0.1, 0.15) is 0 Å². The molecule has 0 bridgehead atoms. The Bertz CT molecular complexity index is 110. The molecule has 0 N–H and O–H groups in total. The molecule has 2 nitrogen and oxygen atoms in total. The Kier molecular flexibility index (Phi) is 2.79. The molecule has 2 rings (SSSR count). The fourth-order valence-electron chi connectivity index (χ4n) is 1.73. The molecule has 0 atom stereocenters. The van der Waals surface area contributed by atoms with Crippen LogP contribution in [0.1, 0.15) is 12.8 Å². The van der Waals surface area contributed by atoms with E-state index in [0.717, 1.165) is 0 Å². The van der Waals surface area contributed by atoms with E-state index in [2.05, 4.69) is 9.13 Å². The normalized spacial score (nSPS) is 28.4. The minimum atomic E-state index is 0.258. The lowest BCUT2D eigenvalue weighted by molar-refractivity contribution is 0.314. The van der Waals surface area contributed by atoms with Crippen molar-refractivity contribution in [2.75, 3.05) is 26.2 Å². The van der Waals surface area contributed by atoms with Crippen molar-refractivity contribution in [3.8, 4) is 0 Å². The van der Waals surface area contributed by atoms with Gasteiger partial charge in [0.25, 0.3) is 0 Å². The van der Waals surface area contributed by atoms with Crippen LogP contribution in [-0.4, -0.2) is 54.7 Å². The SMILES string of the molecule is C1CN([SiH2]C[SiH2]N2CCC2)C1. The quantitative estimate of drug-likeness (QED) is 0.517. The topological polar surface area (TPSA) is 6.48 Å². The second-order valence-electron chi connectivity index (χ2n) is 3.74. The van der Waals surface area contributed by atoms with E-state index < -0.39 is 0 Å². The first-order valence-corrected chi connectivity index (χ1v) is 8.16. The summed E-state index contributed by atoms with van der Waals surface area (Å²) in [5.74, 6) is 0. The van der Waals surface area contributed by atoms with Crippen LogP contribution >= 0.6 is 0 Å². The molecule has 4 heteroatoms. The Morgan fingerprint density at radius 3 is 1.55 bits per heavy atom. The van der Waals surface area contributed by atoms with Crippen molar-refractivity contribution in [1.82, 2.24) is 9.13 Å². The van der Waals surface area contributed by atoms with E-state index in [4.69, 9.17) is 0 Å². The molecule has 64 valence electrons. The maximum atomic E-state index is 2.73. The highest BCUT2D eigenvalue weighted by Crippen LogP contribution is 2.07. The zero-order valence-electron chi connectivity index (χ0n) is 7.26. The predicted molar refractivity (Wildman–Crippen MR) is 54.3 cm³/mol. The Morgan fingerprint density at radius 2 is 1.27 bits per heavy atom. The molecule has 2 fully saturated rings. The van der Waals surface area contributed by atoms with Crippen LogP contribution in [0.5, 0.6) is 0 Å². The second-order valence-corrected chi connectivity index (χ2v) is 9.26. The number of rotatable bonds is 4. The van der Waals surface area contributed by atoms with Crippen molar-refractivity contribution in [2.24, 2.45) is 0 Å². The molecule has 0 radical (unpaired) electrons. The van der Waals surface area contributed by atoms with E-state index in [1.165, 1.54) is 39.0 Å². The predicted octanol–water partition coefficient (Wildman–Crippen LogP) is -1.06. The molecule has 0 aromatic rings. The summed E-state index contributed by atoms with van der Waals surface area (Å²) in [6.45, 7) is 5.78. The van der Waals surface area contributed by atoms with Gasteiger partial charge in [0.15, 0.2) is 0 Å². The average Bonchev–Trinajstić information content (AvgIpc) is 1.79. The zero-order valence-corrected chi connectivity index (χ0v) is 10.1. The minimum Gasteiger partial charge on any atom is -0.329 e. The van der Waals surface area contributed by atoms with Crippen molar-refractivity contribution in [2.45, 2.75) is 18.5 Å². The first-order valence-electron chi connectivity index (χ1n) is 4.90. The molecule has 0 saturated carbocycles. The van der Waals surface area contributed by atoms with Crippen molar-refractivity contribution in [1.29, 1.82) is 0 Å². The molecule has 11 heavy (non-hydrogen) atoms. The number of hydrogen-bond donors (Lipinski definition) is 0. The smallest absolute Gasteiger partial charge is 0.0931 e. The van der Waals surface area contributed by atoms with Crippen LogP contribution in [0.15, 0.2) is 0 Å². The third kappa shape index (κ3) is 2.14. The van der Waals surface area contributed by atoms with E-state index >= 15 is 0 Å². The molecule has 2 saturated heterocycles. The van der Waals surface area contributed by atoms with Gasteiger partial charge in [-0.05, 0) is 44.7 Å². The third-order valence-corrected chi connectivity index (χ3v) is 7.91. The van der Waals surface area contributed by atoms with Crippen LogP contribution in [0.2, 0.25) is 5.67 Å². The Labute approximate surface area is 73.7 Å². The number of nitrogens with zero attached hydrogens (tertiary/aromatic N) is 2. The molecule has 0 amide bonds. The van der Waals surface area contributed by atoms with Gasteiger partial charge in [0, 0.05) is 0 Å². The van der Waals surface area contributed by atoms with Gasteiger partial charge in [-0.25, -0.2) is 0 Å². The molecular weight excluding hydrogens is 168 g/mol. The summed E-state index contributed by atoms with van der Waals surface area (Å²) < 4.78 is 5.46. The molecule has 2 aliphatic rings. The summed E-state index contributed by atoms with van der Waals surface area (Å²) in [6.07, 6.45) is 2.97. The van der Waals surface area contributed by atoms with Gasteiger partial charge >= 0.3 is 0 Å². The molecule has 0 aromatic carbocycles. The van der Waals surface area contributed by atoms with Gasteiger partial charge in [-0.2, -0.15) is 0 Å². The van der Waals surface area contributed by atoms with Gasteiger partial charge in [-0.1, -0.05) is 0 Å². The maximum Gasteiger partial charge on any atom is 0.0931 e. The van der Waals surface area contributed by atoms with Crippen LogP contribution in [0.3, 0.4) is 0 Å². The highest BCUT2D eigenvalue weighted by atomic mass is 28.3. The van der Waals surface area contributed by atoms with Gasteiger partial charge in [-0.3, -0.25) is 0 Å². The fraction of sp³-hybridized carbons (Fsp3) is 1.00. The van der Waals surface area contributed by atoms with E-state index in [0.29, 0.717) is 0 Å². The first kappa shape index (κ1) is 7.98. The molecule has 2 heterocycles. The van der Waals surface area contributed by atoms with Crippen LogP contribution in [0.25, 0.3) is 0 Å². The molecule has 0 aliphatic carbocycles. The largest absolute Gasteiger partial charge is 0.329 e. The van der Waals surface area contributed by atoms with Gasteiger partial charge < -0.3 is 9.13 Å². The summed E-state index contributed by atoms with van der Waals surface area (Å²) in [5.41, 5.74) is 1.67. The molecular formula is C7H18N2Si2. The monoisotopic (exact) mass is 186 g/mol. The average molecular weight is 186 g/mol. The summed E-state index contributed by atoms with van der Waals surface area (Å²) in [4.78, 5) is 0. The van der Waals surface area contributed by atoms with Crippen LogP contribution in [0, 0.1) is 0 Å². The van der Waals surface area contributed by atoms with Gasteiger partial charge in [-0.15, -0.1) is 0 Å². The van der Waals surface area contributed by atoms with Crippen molar-refractivity contribution in [3.05, 3.63) is 0 Å². The van der Waals surface area contributed by atoms with Gasteiger partial charge in [0.2, 0.25) is 0 Å². The van der Waals surface area contributed by atoms with Crippen molar-refractivity contribution >= 4 is 19.4 Å². The zero-order chi connectivity index (χ0) is 7.52. The van der Waals surface area contributed by atoms with Crippen LogP contribution in [-0.2, 0) is 0 Å². The highest BCUT2D eigenvalue weighted by molar-refractivity contribution is 6.52. The Hall–Kier alpha value is 0.354. The van der Waals surface area contributed by atoms with E-state index in [1.807, 2.05) is 0 Å². The standard InChI is InChI=1S/C7H18N2Si2/c1-3-8(4-1)10-7-11-9-5-2-6-9/h1-7,10-11H2. The van der Waals surface area contributed by atoms with Gasteiger partial charge in [0.05, 0.1) is 19.4 Å². The lowest BCUT2D eigenvalue weighted by atomic mass is 10.3. The lowest BCUT2D eigenvalue weighted by Crippen LogP contribution is -2.44. The fourth-order valence-corrected chi connectivity index (χ4v) is 7.66. The van der Waals surface area contributed by atoms with E-state index in [9.17, 15) is 0 Å². The van der Waals surface area contributed by atoms with Crippen LogP contribution < -0.4 is 0 Å². The molecule has 0 unspecified atom stereocenters. The Balaban J connectivity index is 1.46. The third-order valence-electron chi connectivity index (χ3n) is 2.85. The minimum absolute atomic E-state index is 0.258. The maximum absolute atomic E-state index is 2.73. The van der Waals surface area contributed by atoms with Crippen molar-refractivity contribution < 1.29 is 0 Å². The Morgan fingerprint density at radius 1 is 0.818 bits per heavy atom. The molecule has 2 aliphatic heterocycles. The first-order chi connectivity index (χ1) is 5.45. The van der Waals surface area contributed by atoms with E-state index in [1.54, 1.807) is 5.67 Å². The summed E-state index contributed by atoms with van der Waals surface area (Å²) in [7, 11) is 0.515. The summed E-state index contributed by atoms with van der Waals surface area (Å²) in [6, 6.07) is 0. The molecule has 0 spiro atoms. The summed E-state index contributed by atoms with van der Waals surface area (Å²) >= 11 is 0. The summed E-state index contributed by atoms with van der Waals surface area (Å²) in [5, 5.41) is 0. The second kappa shape index (κ2) is 3.84. The molecule has 0 aromatic heterocycles. The van der Waals surface area contributed by atoms with Crippen LogP contribution in [0.4, 0.5) is 0 Å². The van der Waals surface area contributed by atoms with Crippen molar-refractivity contribution in [3.63, 3.8) is 0 Å². The lowest BCUT2D eigenvalue weighted by Gasteiger charge is -2.34. The number of hydrogen-bond acceptors (Lipinski definition) is 2.